The van der Waals surface area contributed by atoms with Crippen molar-refractivity contribution in [2.45, 2.75) is 58.3 Å². The summed E-state index contributed by atoms with van der Waals surface area (Å²) in [5.74, 6) is 2.21. The molecule has 0 amide bonds. The van der Waals surface area contributed by atoms with E-state index in [0.717, 1.165) is 17.3 Å². The van der Waals surface area contributed by atoms with Crippen molar-refractivity contribution in [1.29, 1.82) is 0 Å². The largest absolute Gasteiger partial charge is 0.320 e. The van der Waals surface area contributed by atoms with E-state index in [-0.39, 0.29) is 0 Å². The number of fused-ring (bicyclic) bond motifs is 1. The smallest absolute Gasteiger partial charge is 0.00519 e. The van der Waals surface area contributed by atoms with Crippen molar-refractivity contribution in [1.82, 2.24) is 5.32 Å². The molecular formula is C14H27N. The molecule has 0 radical (unpaired) electrons. The van der Waals surface area contributed by atoms with Crippen LogP contribution in [0.5, 0.6) is 0 Å². The highest BCUT2D eigenvalue weighted by molar-refractivity contribution is 5.04. The molecule has 2 aliphatic carbocycles. The second kappa shape index (κ2) is 4.86. The van der Waals surface area contributed by atoms with Crippen molar-refractivity contribution in [3.05, 3.63) is 0 Å². The zero-order chi connectivity index (χ0) is 10.7. The lowest BCUT2D eigenvalue weighted by atomic mass is 9.52. The molecule has 2 fully saturated rings. The van der Waals surface area contributed by atoms with Gasteiger partial charge in [-0.1, -0.05) is 19.8 Å². The van der Waals surface area contributed by atoms with Crippen molar-refractivity contribution in [2.75, 3.05) is 13.6 Å². The molecule has 0 bridgehead atoms. The van der Waals surface area contributed by atoms with Gasteiger partial charge in [-0.3, -0.25) is 0 Å². The summed E-state index contributed by atoms with van der Waals surface area (Å²) in [6, 6.07) is 0. The van der Waals surface area contributed by atoms with Gasteiger partial charge in [0.25, 0.3) is 0 Å². The van der Waals surface area contributed by atoms with Crippen LogP contribution in [0.3, 0.4) is 0 Å². The Kier molecular flexibility index (Phi) is 3.71. The SMILES string of the molecule is CCC12CCCC1CC2CCCCNC. The van der Waals surface area contributed by atoms with E-state index in [1.165, 1.54) is 38.6 Å². The minimum atomic E-state index is 0.819. The van der Waals surface area contributed by atoms with Crippen molar-refractivity contribution in [3.63, 3.8) is 0 Å². The third-order valence-electron chi connectivity index (χ3n) is 5.28. The van der Waals surface area contributed by atoms with Crippen LogP contribution in [0.4, 0.5) is 0 Å². The fourth-order valence-corrected chi connectivity index (χ4v) is 4.33. The monoisotopic (exact) mass is 209 g/mol. The highest BCUT2D eigenvalue weighted by Crippen LogP contribution is 2.64. The van der Waals surface area contributed by atoms with E-state index in [2.05, 4.69) is 19.3 Å². The molecule has 3 unspecified atom stereocenters. The van der Waals surface area contributed by atoms with Crippen LogP contribution >= 0.6 is 0 Å². The summed E-state index contributed by atoms with van der Waals surface area (Å²) < 4.78 is 0. The summed E-state index contributed by atoms with van der Waals surface area (Å²) in [5.41, 5.74) is 0.819. The van der Waals surface area contributed by atoms with Gasteiger partial charge in [-0.2, -0.15) is 0 Å². The number of hydrogen-bond acceptors (Lipinski definition) is 1. The van der Waals surface area contributed by atoms with E-state index >= 15 is 0 Å². The van der Waals surface area contributed by atoms with E-state index < -0.39 is 0 Å². The van der Waals surface area contributed by atoms with E-state index in [1.807, 2.05) is 0 Å². The first-order valence-electron chi connectivity index (χ1n) is 6.98. The Labute approximate surface area is 95.0 Å². The van der Waals surface area contributed by atoms with Gasteiger partial charge < -0.3 is 5.32 Å². The molecular weight excluding hydrogens is 182 g/mol. The molecule has 2 saturated carbocycles. The number of rotatable bonds is 6. The maximum absolute atomic E-state index is 3.25. The first-order valence-corrected chi connectivity index (χ1v) is 6.98. The lowest BCUT2D eigenvalue weighted by molar-refractivity contribution is -0.0370. The van der Waals surface area contributed by atoms with Crippen LogP contribution in [0.25, 0.3) is 0 Å². The van der Waals surface area contributed by atoms with E-state index in [0.29, 0.717) is 0 Å². The van der Waals surface area contributed by atoms with Crippen LogP contribution in [0.15, 0.2) is 0 Å². The summed E-state index contributed by atoms with van der Waals surface area (Å²) in [6.45, 7) is 3.63. The van der Waals surface area contributed by atoms with Gasteiger partial charge >= 0.3 is 0 Å². The summed E-state index contributed by atoms with van der Waals surface area (Å²) >= 11 is 0. The topological polar surface area (TPSA) is 12.0 Å². The Morgan fingerprint density at radius 3 is 2.87 bits per heavy atom. The summed E-state index contributed by atoms with van der Waals surface area (Å²) in [4.78, 5) is 0. The highest BCUT2D eigenvalue weighted by atomic mass is 14.8. The second-order valence-corrected chi connectivity index (χ2v) is 5.71. The van der Waals surface area contributed by atoms with Crippen molar-refractivity contribution in [3.8, 4) is 0 Å². The van der Waals surface area contributed by atoms with Crippen LogP contribution in [-0.4, -0.2) is 13.6 Å². The van der Waals surface area contributed by atoms with E-state index in [1.54, 1.807) is 19.3 Å². The Balaban J connectivity index is 1.74. The Morgan fingerprint density at radius 1 is 1.33 bits per heavy atom. The maximum atomic E-state index is 3.25. The molecule has 2 rings (SSSR count). The molecule has 15 heavy (non-hydrogen) atoms. The fraction of sp³-hybridized carbons (Fsp3) is 1.00. The lowest BCUT2D eigenvalue weighted by Gasteiger charge is -2.53. The van der Waals surface area contributed by atoms with Gasteiger partial charge in [-0.15, -0.1) is 0 Å². The normalized spacial score (nSPS) is 38.8. The molecule has 3 atom stereocenters. The molecule has 1 heteroatoms. The van der Waals surface area contributed by atoms with Crippen molar-refractivity contribution < 1.29 is 0 Å². The molecule has 0 aliphatic heterocycles. The minimum Gasteiger partial charge on any atom is -0.320 e. The summed E-state index contributed by atoms with van der Waals surface area (Å²) in [7, 11) is 2.06. The molecule has 88 valence electrons. The molecule has 2 aliphatic rings. The van der Waals surface area contributed by atoms with Gasteiger partial charge in [0.15, 0.2) is 0 Å². The Bertz CT molecular complexity index is 202. The minimum absolute atomic E-state index is 0.819. The van der Waals surface area contributed by atoms with Crippen LogP contribution in [-0.2, 0) is 0 Å². The summed E-state index contributed by atoms with van der Waals surface area (Å²) in [6.07, 6.45) is 11.9. The number of nitrogens with one attached hydrogen (secondary N) is 1. The van der Waals surface area contributed by atoms with Gasteiger partial charge in [-0.25, -0.2) is 0 Å². The predicted octanol–water partition coefficient (Wildman–Crippen LogP) is 3.59. The van der Waals surface area contributed by atoms with E-state index in [4.69, 9.17) is 0 Å². The van der Waals surface area contributed by atoms with Gasteiger partial charge in [0.2, 0.25) is 0 Å². The predicted molar refractivity (Wildman–Crippen MR) is 65.9 cm³/mol. The van der Waals surface area contributed by atoms with Gasteiger partial charge in [0.05, 0.1) is 0 Å². The number of hydrogen-bond donors (Lipinski definition) is 1. The summed E-state index contributed by atoms with van der Waals surface area (Å²) in [5, 5.41) is 3.25. The first-order chi connectivity index (χ1) is 7.33. The highest BCUT2D eigenvalue weighted by Gasteiger charge is 2.54. The average molecular weight is 209 g/mol. The van der Waals surface area contributed by atoms with Crippen LogP contribution < -0.4 is 5.32 Å². The molecule has 0 saturated heterocycles. The zero-order valence-corrected chi connectivity index (χ0v) is 10.5. The van der Waals surface area contributed by atoms with Crippen LogP contribution in [0.2, 0.25) is 0 Å². The van der Waals surface area contributed by atoms with E-state index in [9.17, 15) is 0 Å². The molecule has 0 heterocycles. The fourth-order valence-electron chi connectivity index (χ4n) is 4.33. The quantitative estimate of drug-likeness (QED) is 0.659. The first kappa shape index (κ1) is 11.4. The molecule has 0 aromatic carbocycles. The zero-order valence-electron chi connectivity index (χ0n) is 10.5. The standard InChI is InChI=1S/C14H27N/c1-3-14-9-6-8-13(14)11-12(14)7-4-5-10-15-2/h12-13,15H,3-11H2,1-2H3. The van der Waals surface area contributed by atoms with Gasteiger partial charge in [0.1, 0.15) is 0 Å². The molecule has 0 spiro atoms. The van der Waals surface area contributed by atoms with Crippen LogP contribution in [0.1, 0.15) is 58.3 Å². The Morgan fingerprint density at radius 2 is 2.20 bits per heavy atom. The lowest BCUT2D eigenvalue weighted by Crippen LogP contribution is -2.45. The van der Waals surface area contributed by atoms with Gasteiger partial charge in [0, 0.05) is 0 Å². The second-order valence-electron chi connectivity index (χ2n) is 5.71. The van der Waals surface area contributed by atoms with Crippen molar-refractivity contribution >= 4 is 0 Å². The van der Waals surface area contributed by atoms with Crippen molar-refractivity contribution in [2.24, 2.45) is 17.3 Å². The number of unbranched alkanes of at least 4 members (excludes halogenated alkanes) is 1. The van der Waals surface area contributed by atoms with Crippen LogP contribution in [0, 0.1) is 17.3 Å². The molecule has 1 N–H and O–H groups in total. The molecule has 1 nitrogen and oxygen atoms in total. The maximum Gasteiger partial charge on any atom is -0.00519 e. The third-order valence-corrected chi connectivity index (χ3v) is 5.28. The Hall–Kier alpha value is -0.0400. The third kappa shape index (κ3) is 1.95. The molecule has 0 aromatic heterocycles. The van der Waals surface area contributed by atoms with Gasteiger partial charge in [-0.05, 0) is 69.4 Å². The molecule has 0 aromatic rings. The average Bonchev–Trinajstić information content (AvgIpc) is 2.56.